The minimum Gasteiger partial charge on any atom is -0.316 e. The van der Waals surface area contributed by atoms with E-state index in [-0.39, 0.29) is 5.82 Å². The summed E-state index contributed by atoms with van der Waals surface area (Å²) in [6.45, 7) is 2.10. The van der Waals surface area contributed by atoms with Crippen molar-refractivity contribution in [3.8, 4) is 0 Å². The molecule has 1 fully saturated rings. The van der Waals surface area contributed by atoms with Crippen LogP contribution in [0, 0.1) is 11.7 Å². The largest absolute Gasteiger partial charge is 0.316 e. The minimum absolute atomic E-state index is 0.143. The molecule has 1 aromatic rings. The molecule has 88 valence electrons. The Balaban J connectivity index is 2.24. The Hall–Kier alpha value is -0.930. The molecule has 1 aliphatic heterocycles. The highest BCUT2D eigenvalue weighted by atomic mass is 19.1. The van der Waals surface area contributed by atoms with Crippen molar-refractivity contribution in [1.82, 2.24) is 10.2 Å². The first kappa shape index (κ1) is 11.6. The van der Waals surface area contributed by atoms with E-state index in [4.69, 9.17) is 0 Å². The van der Waals surface area contributed by atoms with Gasteiger partial charge in [0, 0.05) is 6.04 Å². The van der Waals surface area contributed by atoms with Crippen LogP contribution in [0.1, 0.15) is 18.0 Å². The van der Waals surface area contributed by atoms with Crippen LogP contribution in [0.5, 0.6) is 0 Å². The molecule has 0 aromatic heterocycles. The van der Waals surface area contributed by atoms with E-state index in [0.29, 0.717) is 12.0 Å². The molecule has 1 N–H and O–H groups in total. The number of rotatable bonds is 3. The van der Waals surface area contributed by atoms with Crippen molar-refractivity contribution in [3.05, 3.63) is 35.6 Å². The van der Waals surface area contributed by atoms with Crippen molar-refractivity contribution in [2.24, 2.45) is 5.92 Å². The van der Waals surface area contributed by atoms with Gasteiger partial charge in [-0.15, -0.1) is 0 Å². The number of hydrogen-bond acceptors (Lipinski definition) is 2. The summed E-state index contributed by atoms with van der Waals surface area (Å²) < 4.78 is 13.2. The normalized spacial score (nSPS) is 22.6. The lowest BCUT2D eigenvalue weighted by Gasteiger charge is -2.30. The SMILES string of the molecule is CN(C)C(c1cccc(F)c1)C1CCNC1. The minimum atomic E-state index is -0.143. The van der Waals surface area contributed by atoms with Crippen molar-refractivity contribution < 1.29 is 4.39 Å². The topological polar surface area (TPSA) is 15.3 Å². The van der Waals surface area contributed by atoms with Crippen molar-refractivity contribution in [1.29, 1.82) is 0 Å². The van der Waals surface area contributed by atoms with E-state index in [1.165, 1.54) is 12.5 Å². The molecule has 2 unspecified atom stereocenters. The van der Waals surface area contributed by atoms with E-state index in [9.17, 15) is 4.39 Å². The highest BCUT2D eigenvalue weighted by Crippen LogP contribution is 2.30. The first-order chi connectivity index (χ1) is 7.68. The summed E-state index contributed by atoms with van der Waals surface area (Å²) >= 11 is 0. The van der Waals surface area contributed by atoms with Gasteiger partial charge in [0.05, 0.1) is 0 Å². The predicted octanol–water partition coefficient (Wildman–Crippen LogP) is 2.04. The summed E-state index contributed by atoms with van der Waals surface area (Å²) in [7, 11) is 4.13. The molecule has 2 atom stereocenters. The summed E-state index contributed by atoms with van der Waals surface area (Å²) in [5.74, 6) is 0.437. The molecule has 2 nitrogen and oxygen atoms in total. The Kier molecular flexibility index (Phi) is 3.56. The van der Waals surface area contributed by atoms with E-state index in [0.717, 1.165) is 18.7 Å². The number of nitrogens with one attached hydrogen (secondary N) is 1. The first-order valence-corrected chi connectivity index (χ1v) is 5.81. The monoisotopic (exact) mass is 222 g/mol. The van der Waals surface area contributed by atoms with Gasteiger partial charge in [-0.3, -0.25) is 0 Å². The number of halogens is 1. The zero-order chi connectivity index (χ0) is 11.5. The maximum Gasteiger partial charge on any atom is 0.123 e. The van der Waals surface area contributed by atoms with Crippen molar-refractivity contribution >= 4 is 0 Å². The average molecular weight is 222 g/mol. The molecule has 3 heteroatoms. The number of nitrogens with zero attached hydrogens (tertiary/aromatic N) is 1. The molecule has 1 aliphatic rings. The van der Waals surface area contributed by atoms with Crippen LogP contribution in [-0.4, -0.2) is 32.1 Å². The van der Waals surface area contributed by atoms with E-state index >= 15 is 0 Å². The van der Waals surface area contributed by atoms with Crippen LogP contribution in [0.4, 0.5) is 4.39 Å². The Morgan fingerprint density at radius 3 is 2.81 bits per heavy atom. The van der Waals surface area contributed by atoms with Crippen LogP contribution in [0.3, 0.4) is 0 Å². The van der Waals surface area contributed by atoms with Crippen molar-refractivity contribution in [3.63, 3.8) is 0 Å². The Labute approximate surface area is 96.5 Å². The van der Waals surface area contributed by atoms with E-state index in [1.54, 1.807) is 12.1 Å². The second-order valence-electron chi connectivity index (χ2n) is 4.72. The zero-order valence-corrected chi connectivity index (χ0v) is 9.91. The summed E-state index contributed by atoms with van der Waals surface area (Å²) in [6, 6.07) is 7.28. The number of hydrogen-bond donors (Lipinski definition) is 1. The second kappa shape index (κ2) is 4.93. The molecular weight excluding hydrogens is 203 g/mol. The lowest BCUT2D eigenvalue weighted by atomic mass is 9.91. The van der Waals surface area contributed by atoms with E-state index < -0.39 is 0 Å². The van der Waals surface area contributed by atoms with Crippen molar-refractivity contribution in [2.45, 2.75) is 12.5 Å². The molecule has 2 rings (SSSR count). The second-order valence-corrected chi connectivity index (χ2v) is 4.72. The molecular formula is C13H19FN2. The molecule has 0 bridgehead atoms. The third-order valence-electron chi connectivity index (χ3n) is 3.29. The van der Waals surface area contributed by atoms with Crippen LogP contribution >= 0.6 is 0 Å². The van der Waals surface area contributed by atoms with Gasteiger partial charge in [-0.2, -0.15) is 0 Å². The fourth-order valence-corrected chi connectivity index (χ4v) is 2.63. The quantitative estimate of drug-likeness (QED) is 0.842. The molecule has 0 amide bonds. The van der Waals surface area contributed by atoms with E-state index in [2.05, 4.69) is 24.3 Å². The standard InChI is InChI=1S/C13H19FN2/c1-16(2)13(11-6-7-15-9-11)10-4-3-5-12(14)8-10/h3-5,8,11,13,15H,6-7,9H2,1-2H3. The Morgan fingerprint density at radius 1 is 1.44 bits per heavy atom. The van der Waals surface area contributed by atoms with E-state index in [1.807, 2.05) is 6.07 Å². The van der Waals surface area contributed by atoms with Gasteiger partial charge in [0.1, 0.15) is 5.82 Å². The lowest BCUT2D eigenvalue weighted by molar-refractivity contribution is 0.222. The molecule has 0 spiro atoms. The molecule has 1 saturated heterocycles. The fraction of sp³-hybridized carbons (Fsp3) is 0.538. The molecule has 0 saturated carbocycles. The van der Waals surface area contributed by atoms with Gasteiger partial charge >= 0.3 is 0 Å². The Morgan fingerprint density at radius 2 is 2.25 bits per heavy atom. The third kappa shape index (κ3) is 2.42. The van der Waals surface area contributed by atoms with Gasteiger partial charge in [-0.05, 0) is 57.2 Å². The zero-order valence-electron chi connectivity index (χ0n) is 9.91. The average Bonchev–Trinajstić information content (AvgIpc) is 2.71. The van der Waals surface area contributed by atoms with Crippen molar-refractivity contribution in [2.75, 3.05) is 27.2 Å². The molecule has 0 radical (unpaired) electrons. The summed E-state index contributed by atoms with van der Waals surface area (Å²) in [6.07, 6.45) is 1.17. The first-order valence-electron chi connectivity index (χ1n) is 5.81. The predicted molar refractivity (Wildman–Crippen MR) is 63.8 cm³/mol. The highest BCUT2D eigenvalue weighted by Gasteiger charge is 2.27. The summed E-state index contributed by atoms with van der Waals surface area (Å²) in [5.41, 5.74) is 1.08. The smallest absolute Gasteiger partial charge is 0.123 e. The maximum atomic E-state index is 13.2. The fourth-order valence-electron chi connectivity index (χ4n) is 2.63. The molecule has 0 aliphatic carbocycles. The van der Waals surface area contributed by atoms with Gasteiger partial charge in [0.2, 0.25) is 0 Å². The number of benzene rings is 1. The van der Waals surface area contributed by atoms with Crippen LogP contribution in [0.25, 0.3) is 0 Å². The van der Waals surface area contributed by atoms with Crippen LogP contribution < -0.4 is 5.32 Å². The van der Waals surface area contributed by atoms with Crippen LogP contribution in [0.15, 0.2) is 24.3 Å². The van der Waals surface area contributed by atoms with Gasteiger partial charge in [0.15, 0.2) is 0 Å². The van der Waals surface area contributed by atoms with Gasteiger partial charge < -0.3 is 10.2 Å². The summed E-state index contributed by atoms with van der Waals surface area (Å²) in [5, 5.41) is 3.37. The van der Waals surface area contributed by atoms with Gasteiger partial charge in [0.25, 0.3) is 0 Å². The Bertz CT molecular complexity index is 346. The van der Waals surface area contributed by atoms with Crippen LogP contribution in [-0.2, 0) is 0 Å². The van der Waals surface area contributed by atoms with Crippen LogP contribution in [0.2, 0.25) is 0 Å². The van der Waals surface area contributed by atoms with Gasteiger partial charge in [-0.1, -0.05) is 12.1 Å². The molecule has 16 heavy (non-hydrogen) atoms. The summed E-state index contributed by atoms with van der Waals surface area (Å²) in [4.78, 5) is 2.19. The van der Waals surface area contributed by atoms with Gasteiger partial charge in [-0.25, -0.2) is 4.39 Å². The molecule has 1 aromatic carbocycles. The maximum absolute atomic E-state index is 13.2. The highest BCUT2D eigenvalue weighted by molar-refractivity contribution is 5.21. The lowest BCUT2D eigenvalue weighted by Crippen LogP contribution is -2.28. The molecule has 1 heterocycles. The third-order valence-corrected chi connectivity index (χ3v) is 3.29.